The number of hydrogen-bond acceptors (Lipinski definition) is 4. The van der Waals surface area contributed by atoms with Gasteiger partial charge < -0.3 is 9.47 Å². The predicted octanol–water partition coefficient (Wildman–Crippen LogP) is 4.33. The average Bonchev–Trinajstić information content (AvgIpc) is 2.60. The van der Waals surface area contributed by atoms with E-state index in [2.05, 4.69) is 24.8 Å². The Balaban J connectivity index is 0.000000640. The first-order valence-electron chi connectivity index (χ1n) is 7.75. The Morgan fingerprint density at radius 2 is 1.75 bits per heavy atom. The van der Waals surface area contributed by atoms with Crippen LogP contribution in [-0.4, -0.2) is 25.7 Å². The molecule has 0 radical (unpaired) electrons. The summed E-state index contributed by atoms with van der Waals surface area (Å²) in [5.41, 5.74) is 1.85. The van der Waals surface area contributed by atoms with E-state index in [1.54, 1.807) is 13.0 Å². The van der Waals surface area contributed by atoms with E-state index in [9.17, 15) is 9.59 Å². The van der Waals surface area contributed by atoms with Gasteiger partial charge in [-0.1, -0.05) is 62.9 Å². The minimum Gasteiger partial charge on any atom is -0.466 e. The summed E-state index contributed by atoms with van der Waals surface area (Å²) in [4.78, 5) is 21.7. The van der Waals surface area contributed by atoms with Gasteiger partial charge in [-0.25, -0.2) is 9.59 Å². The zero-order valence-electron chi connectivity index (χ0n) is 14.7. The van der Waals surface area contributed by atoms with Crippen molar-refractivity contribution < 1.29 is 19.1 Å². The summed E-state index contributed by atoms with van der Waals surface area (Å²) in [5, 5.41) is 0. The standard InChI is InChI=1S/C15H18O2.C5H8O2/c1-3-4-12-17-15(16)13(2)10-11-14-8-6-5-7-9-14;1-4(2)5(6)7-3/h5-11H,2-4,12H2,1H3;1H2,2-3H3. The SMILES string of the molecule is C=C(C)C(=O)OC.C=C(C=Cc1ccccc1)C(=O)OCCCC. The number of benzene rings is 1. The van der Waals surface area contributed by atoms with E-state index in [4.69, 9.17) is 4.74 Å². The van der Waals surface area contributed by atoms with Gasteiger partial charge in [-0.3, -0.25) is 0 Å². The van der Waals surface area contributed by atoms with Crippen molar-refractivity contribution in [2.24, 2.45) is 0 Å². The first-order chi connectivity index (χ1) is 11.4. The molecule has 0 saturated heterocycles. The van der Waals surface area contributed by atoms with E-state index in [-0.39, 0.29) is 11.9 Å². The lowest BCUT2D eigenvalue weighted by molar-refractivity contribution is -0.138. The second-order valence-electron chi connectivity index (χ2n) is 5.03. The van der Waals surface area contributed by atoms with E-state index in [0.717, 1.165) is 18.4 Å². The molecule has 0 saturated carbocycles. The molecule has 4 nitrogen and oxygen atoms in total. The van der Waals surface area contributed by atoms with Crippen LogP contribution in [0.25, 0.3) is 6.08 Å². The van der Waals surface area contributed by atoms with Crippen LogP contribution in [0.1, 0.15) is 32.3 Å². The van der Waals surface area contributed by atoms with E-state index in [1.807, 2.05) is 36.4 Å². The molecule has 0 atom stereocenters. The number of rotatable bonds is 7. The van der Waals surface area contributed by atoms with Gasteiger partial charge in [-0.05, 0) is 25.0 Å². The van der Waals surface area contributed by atoms with Crippen LogP contribution >= 0.6 is 0 Å². The van der Waals surface area contributed by atoms with Crippen LogP contribution in [0.5, 0.6) is 0 Å². The summed E-state index contributed by atoms with van der Waals surface area (Å²) in [7, 11) is 1.33. The minimum atomic E-state index is -0.347. The first kappa shape index (κ1) is 21.4. The molecule has 0 unspecified atom stereocenters. The van der Waals surface area contributed by atoms with Crippen LogP contribution in [0.3, 0.4) is 0 Å². The van der Waals surface area contributed by atoms with E-state index in [0.29, 0.717) is 17.8 Å². The number of unbranched alkanes of at least 4 members (excludes halogenated alkanes) is 1. The maximum atomic E-state index is 11.5. The van der Waals surface area contributed by atoms with Crippen molar-refractivity contribution in [3.63, 3.8) is 0 Å². The predicted molar refractivity (Wildman–Crippen MR) is 97.3 cm³/mol. The van der Waals surface area contributed by atoms with Crippen LogP contribution < -0.4 is 0 Å². The van der Waals surface area contributed by atoms with Gasteiger partial charge in [0.15, 0.2) is 0 Å². The molecule has 0 bridgehead atoms. The fourth-order valence-electron chi connectivity index (χ4n) is 1.41. The zero-order chi connectivity index (χ0) is 18.4. The van der Waals surface area contributed by atoms with E-state index >= 15 is 0 Å². The summed E-state index contributed by atoms with van der Waals surface area (Å²) in [5.74, 6) is -0.689. The molecule has 1 aromatic rings. The summed E-state index contributed by atoms with van der Waals surface area (Å²) in [6, 6.07) is 9.77. The first-order valence-corrected chi connectivity index (χ1v) is 7.75. The molecule has 4 heteroatoms. The van der Waals surface area contributed by atoms with E-state index in [1.165, 1.54) is 7.11 Å². The van der Waals surface area contributed by atoms with Crippen LogP contribution in [0.15, 0.2) is 60.7 Å². The van der Waals surface area contributed by atoms with Crippen LogP contribution in [0, 0.1) is 0 Å². The largest absolute Gasteiger partial charge is 0.466 e. The number of ether oxygens (including phenoxy) is 2. The molecule has 0 amide bonds. The monoisotopic (exact) mass is 330 g/mol. The average molecular weight is 330 g/mol. The number of hydrogen-bond donors (Lipinski definition) is 0. The van der Waals surface area contributed by atoms with Gasteiger partial charge >= 0.3 is 11.9 Å². The second-order valence-corrected chi connectivity index (χ2v) is 5.03. The van der Waals surface area contributed by atoms with E-state index < -0.39 is 0 Å². The third kappa shape index (κ3) is 10.2. The molecule has 0 N–H and O–H groups in total. The fraction of sp³-hybridized carbons (Fsp3) is 0.300. The number of methoxy groups -OCH3 is 1. The number of esters is 2. The Bertz CT molecular complexity index is 571. The molecular weight excluding hydrogens is 304 g/mol. The topological polar surface area (TPSA) is 52.6 Å². The maximum absolute atomic E-state index is 11.5. The lowest BCUT2D eigenvalue weighted by Crippen LogP contribution is -2.06. The molecule has 0 aliphatic heterocycles. The van der Waals surface area contributed by atoms with Crippen molar-refractivity contribution >= 4 is 18.0 Å². The summed E-state index contributed by atoms with van der Waals surface area (Å²) < 4.78 is 9.32. The Morgan fingerprint density at radius 1 is 1.12 bits per heavy atom. The molecule has 1 rings (SSSR count). The van der Waals surface area contributed by atoms with Crippen molar-refractivity contribution in [3.8, 4) is 0 Å². The van der Waals surface area contributed by atoms with Gasteiger partial charge in [0.2, 0.25) is 0 Å². The molecule has 0 aliphatic carbocycles. The summed E-state index contributed by atoms with van der Waals surface area (Å²) >= 11 is 0. The number of carbonyl (C=O) groups excluding carboxylic acids is 2. The highest BCUT2D eigenvalue weighted by Gasteiger charge is 2.04. The highest BCUT2D eigenvalue weighted by Crippen LogP contribution is 2.05. The molecule has 130 valence electrons. The van der Waals surface area contributed by atoms with Crippen LogP contribution in [0.4, 0.5) is 0 Å². The highest BCUT2D eigenvalue weighted by molar-refractivity contribution is 5.92. The summed E-state index contributed by atoms with van der Waals surface area (Å²) in [6.07, 6.45) is 5.44. The molecule has 24 heavy (non-hydrogen) atoms. The maximum Gasteiger partial charge on any atom is 0.337 e. The molecule has 0 aromatic heterocycles. The Kier molecular flexibility index (Phi) is 11.5. The van der Waals surface area contributed by atoms with Gasteiger partial charge in [0.25, 0.3) is 0 Å². The third-order valence-electron chi connectivity index (χ3n) is 2.80. The normalized spacial score (nSPS) is 9.62. The molecule has 0 spiro atoms. The van der Waals surface area contributed by atoms with Crippen molar-refractivity contribution in [2.45, 2.75) is 26.7 Å². The lowest BCUT2D eigenvalue weighted by Gasteiger charge is -2.02. The van der Waals surface area contributed by atoms with Crippen LogP contribution in [0.2, 0.25) is 0 Å². The molecule has 1 aromatic carbocycles. The van der Waals surface area contributed by atoms with Gasteiger partial charge in [-0.2, -0.15) is 0 Å². The Morgan fingerprint density at radius 3 is 2.21 bits per heavy atom. The molecule has 0 heterocycles. The highest BCUT2D eigenvalue weighted by atomic mass is 16.5. The van der Waals surface area contributed by atoms with Crippen molar-refractivity contribution in [1.29, 1.82) is 0 Å². The molecule has 0 fully saturated rings. The van der Waals surface area contributed by atoms with Gasteiger partial charge in [-0.15, -0.1) is 0 Å². The Hall–Kier alpha value is -2.62. The molecule has 0 aliphatic rings. The van der Waals surface area contributed by atoms with Crippen molar-refractivity contribution in [2.75, 3.05) is 13.7 Å². The third-order valence-corrected chi connectivity index (χ3v) is 2.80. The van der Waals surface area contributed by atoms with Gasteiger partial charge in [0, 0.05) is 5.57 Å². The second kappa shape index (κ2) is 12.9. The quantitative estimate of drug-likeness (QED) is 0.323. The minimum absolute atomic E-state index is 0.342. The smallest absolute Gasteiger partial charge is 0.337 e. The Labute approximate surface area is 144 Å². The molecular formula is C20H26O4. The lowest BCUT2D eigenvalue weighted by atomic mass is 10.2. The van der Waals surface area contributed by atoms with Crippen molar-refractivity contribution in [3.05, 3.63) is 66.3 Å². The van der Waals surface area contributed by atoms with Gasteiger partial charge in [0.1, 0.15) is 0 Å². The fourth-order valence-corrected chi connectivity index (χ4v) is 1.41. The van der Waals surface area contributed by atoms with Gasteiger partial charge in [0.05, 0.1) is 19.3 Å². The van der Waals surface area contributed by atoms with Crippen molar-refractivity contribution in [1.82, 2.24) is 0 Å². The zero-order valence-corrected chi connectivity index (χ0v) is 14.7. The summed E-state index contributed by atoms with van der Waals surface area (Å²) in [6.45, 7) is 11.2. The van der Waals surface area contributed by atoms with Crippen LogP contribution in [-0.2, 0) is 19.1 Å². The number of carbonyl (C=O) groups is 2.